The summed E-state index contributed by atoms with van der Waals surface area (Å²) in [5.41, 5.74) is 8.95. The molecule has 1 heterocycles. The fourth-order valence-corrected chi connectivity index (χ4v) is 2.34. The zero-order valence-corrected chi connectivity index (χ0v) is 10.5. The Morgan fingerprint density at radius 1 is 1.05 bits per heavy atom. The highest BCUT2D eigenvalue weighted by molar-refractivity contribution is 5.99. The fourth-order valence-electron chi connectivity index (χ4n) is 2.34. The number of rotatable bonds is 2. The maximum Gasteiger partial charge on any atom is 0.228 e. The molecule has 0 saturated heterocycles. The van der Waals surface area contributed by atoms with E-state index >= 15 is 0 Å². The average Bonchev–Trinajstić information content (AvgIpc) is 2.80. The van der Waals surface area contributed by atoms with E-state index in [1.54, 1.807) is 12.1 Å². The summed E-state index contributed by atoms with van der Waals surface area (Å²) >= 11 is 0. The van der Waals surface area contributed by atoms with Crippen LogP contribution in [0, 0.1) is 11.6 Å². The van der Waals surface area contributed by atoms with Crippen molar-refractivity contribution in [1.82, 2.24) is 0 Å². The lowest BCUT2D eigenvalue weighted by atomic mass is 9.97. The number of hydrogen-bond donors (Lipinski definition) is 2. The molecule has 0 fully saturated rings. The molecule has 1 unspecified atom stereocenters. The molecule has 1 atom stereocenters. The van der Waals surface area contributed by atoms with Gasteiger partial charge in [0.05, 0.1) is 12.5 Å². The van der Waals surface area contributed by atoms with Gasteiger partial charge in [-0.15, -0.1) is 0 Å². The molecule has 20 heavy (non-hydrogen) atoms. The van der Waals surface area contributed by atoms with Crippen LogP contribution in [-0.2, 0) is 11.2 Å². The predicted octanol–water partition coefficient (Wildman–Crippen LogP) is 2.51. The normalized spacial score (nSPS) is 14.8. The molecule has 3 nitrogen and oxygen atoms in total. The van der Waals surface area contributed by atoms with Gasteiger partial charge in [-0.1, -0.05) is 18.2 Å². The molecule has 2 aromatic rings. The number of nitrogens with two attached hydrogens (primary N) is 1. The van der Waals surface area contributed by atoms with Gasteiger partial charge in [0.1, 0.15) is 0 Å². The highest BCUT2D eigenvalue weighted by Gasteiger charge is 2.19. The lowest BCUT2D eigenvalue weighted by Gasteiger charge is -2.14. The van der Waals surface area contributed by atoms with Crippen molar-refractivity contribution in [3.05, 3.63) is 64.7 Å². The summed E-state index contributed by atoms with van der Waals surface area (Å²) in [5, 5.41) is 2.73. The molecule has 0 spiro atoms. The molecular weight excluding hydrogens is 262 g/mol. The second kappa shape index (κ2) is 4.68. The van der Waals surface area contributed by atoms with Crippen LogP contribution in [0.1, 0.15) is 22.7 Å². The highest BCUT2D eigenvalue weighted by atomic mass is 19.2. The first-order chi connectivity index (χ1) is 9.54. The number of carbonyl (C=O) groups is 1. The van der Waals surface area contributed by atoms with Gasteiger partial charge < -0.3 is 11.1 Å². The standard InChI is InChI=1S/C15H12F2N2O/c16-11-3-1-9(6-12(11)17)15(18)8-2-4-13-10(5-8)7-14(20)19-13/h1-6,15H,7,18H2,(H,19,20). The Hall–Kier alpha value is -2.27. The SMILES string of the molecule is NC(c1ccc(F)c(F)c1)c1ccc2c(c1)CC(=O)N2. The highest BCUT2D eigenvalue weighted by Crippen LogP contribution is 2.28. The summed E-state index contributed by atoms with van der Waals surface area (Å²) in [6, 6.07) is 8.41. The van der Waals surface area contributed by atoms with Crippen LogP contribution >= 0.6 is 0 Å². The first-order valence-electron chi connectivity index (χ1n) is 6.18. The Labute approximate surface area is 114 Å². The average molecular weight is 274 g/mol. The molecule has 1 amide bonds. The predicted molar refractivity (Wildman–Crippen MR) is 71.2 cm³/mol. The smallest absolute Gasteiger partial charge is 0.228 e. The minimum absolute atomic E-state index is 0.0569. The van der Waals surface area contributed by atoms with Crippen molar-refractivity contribution >= 4 is 11.6 Å². The van der Waals surface area contributed by atoms with Gasteiger partial charge >= 0.3 is 0 Å². The van der Waals surface area contributed by atoms with E-state index in [2.05, 4.69) is 5.32 Å². The number of carbonyl (C=O) groups excluding carboxylic acids is 1. The van der Waals surface area contributed by atoms with Crippen LogP contribution in [0.4, 0.5) is 14.5 Å². The Kier molecular flexibility index (Phi) is 2.99. The molecule has 0 saturated carbocycles. The van der Waals surface area contributed by atoms with Crippen molar-refractivity contribution in [3.63, 3.8) is 0 Å². The molecule has 1 aliphatic rings. The van der Waals surface area contributed by atoms with E-state index in [0.29, 0.717) is 12.0 Å². The third-order valence-corrected chi connectivity index (χ3v) is 3.42. The van der Waals surface area contributed by atoms with E-state index in [9.17, 15) is 13.6 Å². The minimum Gasteiger partial charge on any atom is -0.326 e. The molecule has 1 aliphatic heterocycles. The van der Waals surface area contributed by atoms with Crippen molar-refractivity contribution in [3.8, 4) is 0 Å². The monoisotopic (exact) mass is 274 g/mol. The van der Waals surface area contributed by atoms with Crippen molar-refractivity contribution in [2.24, 2.45) is 5.73 Å². The second-order valence-corrected chi connectivity index (χ2v) is 4.79. The number of halogens is 2. The van der Waals surface area contributed by atoms with Gasteiger partial charge in [0, 0.05) is 5.69 Å². The zero-order chi connectivity index (χ0) is 14.3. The summed E-state index contributed by atoms with van der Waals surface area (Å²) < 4.78 is 26.2. The van der Waals surface area contributed by atoms with Crippen molar-refractivity contribution < 1.29 is 13.6 Å². The first-order valence-corrected chi connectivity index (χ1v) is 6.18. The summed E-state index contributed by atoms with van der Waals surface area (Å²) in [7, 11) is 0. The van der Waals surface area contributed by atoms with Crippen molar-refractivity contribution in [2.75, 3.05) is 5.32 Å². The van der Waals surface area contributed by atoms with Crippen LogP contribution in [0.25, 0.3) is 0 Å². The van der Waals surface area contributed by atoms with Crippen LogP contribution in [-0.4, -0.2) is 5.91 Å². The Bertz CT molecular complexity index is 700. The summed E-state index contributed by atoms with van der Waals surface area (Å²) in [6.45, 7) is 0. The molecule has 0 aromatic heterocycles. The maximum absolute atomic E-state index is 13.2. The maximum atomic E-state index is 13.2. The Morgan fingerprint density at radius 3 is 2.50 bits per heavy atom. The molecule has 3 rings (SSSR count). The van der Waals surface area contributed by atoms with Gasteiger partial charge in [0.15, 0.2) is 11.6 Å². The summed E-state index contributed by atoms with van der Waals surface area (Å²) in [5.74, 6) is -1.88. The van der Waals surface area contributed by atoms with Crippen LogP contribution in [0.15, 0.2) is 36.4 Å². The van der Waals surface area contributed by atoms with E-state index in [1.807, 2.05) is 6.07 Å². The van der Waals surface area contributed by atoms with E-state index in [0.717, 1.165) is 28.9 Å². The first kappa shape index (κ1) is 12.7. The van der Waals surface area contributed by atoms with Gasteiger partial charge in [-0.3, -0.25) is 4.79 Å². The summed E-state index contributed by atoms with van der Waals surface area (Å²) in [4.78, 5) is 11.3. The van der Waals surface area contributed by atoms with Gasteiger partial charge in [-0.2, -0.15) is 0 Å². The Morgan fingerprint density at radius 2 is 1.75 bits per heavy atom. The molecule has 3 N–H and O–H groups in total. The van der Waals surface area contributed by atoms with Gasteiger partial charge in [0.25, 0.3) is 0 Å². The van der Waals surface area contributed by atoms with Crippen molar-refractivity contribution in [1.29, 1.82) is 0 Å². The van der Waals surface area contributed by atoms with E-state index in [4.69, 9.17) is 5.73 Å². The van der Waals surface area contributed by atoms with Crippen LogP contribution in [0.5, 0.6) is 0 Å². The molecule has 0 aliphatic carbocycles. The Balaban J connectivity index is 1.94. The minimum atomic E-state index is -0.920. The number of amides is 1. The number of fused-ring (bicyclic) bond motifs is 1. The van der Waals surface area contributed by atoms with Crippen LogP contribution in [0.2, 0.25) is 0 Å². The molecular formula is C15H12F2N2O. The van der Waals surface area contributed by atoms with E-state index < -0.39 is 17.7 Å². The third kappa shape index (κ3) is 2.16. The van der Waals surface area contributed by atoms with Gasteiger partial charge in [-0.25, -0.2) is 8.78 Å². The lowest BCUT2D eigenvalue weighted by Crippen LogP contribution is -2.12. The van der Waals surface area contributed by atoms with Gasteiger partial charge in [0.2, 0.25) is 5.91 Å². The number of benzene rings is 2. The van der Waals surface area contributed by atoms with Crippen LogP contribution in [0.3, 0.4) is 0 Å². The molecule has 5 heteroatoms. The van der Waals surface area contributed by atoms with Gasteiger partial charge in [-0.05, 0) is 34.9 Å². The number of hydrogen-bond acceptors (Lipinski definition) is 2. The fraction of sp³-hybridized carbons (Fsp3) is 0.133. The summed E-state index contributed by atoms with van der Waals surface area (Å²) in [6.07, 6.45) is 0.313. The van der Waals surface area contributed by atoms with Crippen LogP contribution < -0.4 is 11.1 Å². The molecule has 0 radical (unpaired) electrons. The van der Waals surface area contributed by atoms with Crippen molar-refractivity contribution in [2.45, 2.75) is 12.5 Å². The number of nitrogens with one attached hydrogen (secondary N) is 1. The van der Waals surface area contributed by atoms with E-state index in [-0.39, 0.29) is 5.91 Å². The molecule has 102 valence electrons. The third-order valence-electron chi connectivity index (χ3n) is 3.42. The molecule has 0 bridgehead atoms. The lowest BCUT2D eigenvalue weighted by molar-refractivity contribution is -0.115. The topological polar surface area (TPSA) is 55.1 Å². The quantitative estimate of drug-likeness (QED) is 0.884. The largest absolute Gasteiger partial charge is 0.326 e. The number of anilines is 1. The van der Waals surface area contributed by atoms with E-state index in [1.165, 1.54) is 6.07 Å². The zero-order valence-electron chi connectivity index (χ0n) is 10.5. The second-order valence-electron chi connectivity index (χ2n) is 4.79. The molecule has 2 aromatic carbocycles.